The molecule has 0 aliphatic carbocycles. The molecule has 228 valence electrons. The fourth-order valence-electron chi connectivity index (χ4n) is 7.14. The Kier molecular flexibility index (Phi) is 6.15. The maximum atomic E-state index is 6.10. The van der Waals surface area contributed by atoms with Crippen molar-refractivity contribution in [3.63, 3.8) is 0 Å². The van der Waals surface area contributed by atoms with E-state index in [9.17, 15) is 0 Å². The van der Waals surface area contributed by atoms with Gasteiger partial charge >= 0.3 is 0 Å². The van der Waals surface area contributed by atoms with Crippen LogP contribution in [0.4, 0.5) is 0 Å². The highest BCUT2D eigenvalue weighted by atomic mass is 16.3. The average Bonchev–Trinajstić information content (AvgIpc) is 3.55. The van der Waals surface area contributed by atoms with E-state index in [0.717, 1.165) is 65.9 Å². The first-order chi connectivity index (χ1) is 24.3. The summed E-state index contributed by atoms with van der Waals surface area (Å²) in [5.74, 6) is 1.92. The highest BCUT2D eigenvalue weighted by Gasteiger charge is 2.18. The van der Waals surface area contributed by atoms with E-state index in [2.05, 4.69) is 133 Å². The summed E-state index contributed by atoms with van der Waals surface area (Å²) in [5.41, 5.74) is 6.82. The Morgan fingerprint density at radius 2 is 0.939 bits per heavy atom. The summed E-state index contributed by atoms with van der Waals surface area (Å²) in [5, 5.41) is 9.17. The predicted octanol–water partition coefficient (Wildman–Crippen LogP) is 11.9. The molecule has 10 rings (SSSR count). The molecule has 0 N–H and O–H groups in total. The standard InChI is InChI=1S/C45H27N3O/c1-2-12-29(13-3-1)43-46-44(33-16-10-15-30(25-33)31-22-24-41-39(26-31)36-19-8-9-20-40(36)49-41)48-45(47-43)42-35-18-7-5-14-32(35)27-38-34-17-6-4-11-28(34)21-23-37(38)42/h1-27H. The van der Waals surface area contributed by atoms with E-state index in [0.29, 0.717) is 17.5 Å². The quantitative estimate of drug-likeness (QED) is 0.144. The lowest BCUT2D eigenvalue weighted by Gasteiger charge is -2.15. The smallest absolute Gasteiger partial charge is 0.165 e. The van der Waals surface area contributed by atoms with Gasteiger partial charge in [-0.1, -0.05) is 133 Å². The van der Waals surface area contributed by atoms with Crippen molar-refractivity contribution in [3.8, 4) is 45.3 Å². The second-order valence-electron chi connectivity index (χ2n) is 12.4. The van der Waals surface area contributed by atoms with Gasteiger partial charge in [-0.25, -0.2) is 15.0 Å². The molecule has 2 heterocycles. The van der Waals surface area contributed by atoms with Crippen molar-refractivity contribution in [2.45, 2.75) is 0 Å². The molecular formula is C45H27N3O. The normalized spacial score (nSPS) is 11.7. The molecular weight excluding hydrogens is 599 g/mol. The van der Waals surface area contributed by atoms with E-state index in [1.807, 2.05) is 30.3 Å². The van der Waals surface area contributed by atoms with Crippen LogP contribution in [0.3, 0.4) is 0 Å². The molecule has 49 heavy (non-hydrogen) atoms. The number of rotatable bonds is 4. The molecule has 0 radical (unpaired) electrons. The molecule has 0 saturated heterocycles. The van der Waals surface area contributed by atoms with Gasteiger partial charge in [-0.05, 0) is 73.8 Å². The van der Waals surface area contributed by atoms with Crippen LogP contribution in [-0.4, -0.2) is 15.0 Å². The summed E-state index contributed by atoms with van der Waals surface area (Å²) in [6.07, 6.45) is 0. The highest BCUT2D eigenvalue weighted by molar-refractivity contribution is 6.19. The topological polar surface area (TPSA) is 51.8 Å². The number of aromatic nitrogens is 3. The summed E-state index contributed by atoms with van der Waals surface area (Å²) in [6.45, 7) is 0. The Hall–Kier alpha value is -6.65. The fourth-order valence-corrected chi connectivity index (χ4v) is 7.14. The van der Waals surface area contributed by atoms with Crippen LogP contribution in [0.5, 0.6) is 0 Å². The zero-order chi connectivity index (χ0) is 32.3. The molecule has 0 unspecified atom stereocenters. The van der Waals surface area contributed by atoms with Crippen LogP contribution in [0.25, 0.3) is 99.5 Å². The number of furan rings is 1. The summed E-state index contributed by atoms with van der Waals surface area (Å²) in [4.78, 5) is 15.5. The van der Waals surface area contributed by atoms with Gasteiger partial charge in [0.15, 0.2) is 17.5 Å². The molecule has 0 amide bonds. The van der Waals surface area contributed by atoms with Crippen molar-refractivity contribution in [2.75, 3.05) is 0 Å². The first kappa shape index (κ1) is 27.5. The molecule has 8 aromatic carbocycles. The molecule has 0 atom stereocenters. The number of benzene rings is 8. The maximum Gasteiger partial charge on any atom is 0.165 e. The zero-order valence-corrected chi connectivity index (χ0v) is 26.3. The number of fused-ring (bicyclic) bond motifs is 7. The predicted molar refractivity (Wildman–Crippen MR) is 201 cm³/mol. The van der Waals surface area contributed by atoms with Crippen molar-refractivity contribution >= 4 is 54.3 Å². The minimum absolute atomic E-state index is 0.627. The number of para-hydroxylation sites is 1. The van der Waals surface area contributed by atoms with E-state index >= 15 is 0 Å². The number of hydrogen-bond donors (Lipinski definition) is 0. The average molecular weight is 626 g/mol. The molecule has 0 bridgehead atoms. The third kappa shape index (κ3) is 4.57. The first-order valence-corrected chi connectivity index (χ1v) is 16.4. The molecule has 0 saturated carbocycles. The van der Waals surface area contributed by atoms with E-state index in [1.165, 1.54) is 16.2 Å². The molecule has 0 aliphatic rings. The molecule has 4 nitrogen and oxygen atoms in total. The van der Waals surface area contributed by atoms with Gasteiger partial charge in [-0.2, -0.15) is 0 Å². The van der Waals surface area contributed by atoms with Crippen LogP contribution in [0, 0.1) is 0 Å². The van der Waals surface area contributed by atoms with Crippen LogP contribution >= 0.6 is 0 Å². The maximum absolute atomic E-state index is 6.10. The van der Waals surface area contributed by atoms with Crippen molar-refractivity contribution in [2.24, 2.45) is 0 Å². The fraction of sp³-hybridized carbons (Fsp3) is 0. The van der Waals surface area contributed by atoms with Gasteiger partial charge in [0.2, 0.25) is 0 Å². The minimum atomic E-state index is 0.627. The Labute approximate surface area is 282 Å². The monoisotopic (exact) mass is 625 g/mol. The van der Waals surface area contributed by atoms with Gasteiger partial charge in [-0.15, -0.1) is 0 Å². The van der Waals surface area contributed by atoms with E-state index in [-0.39, 0.29) is 0 Å². The van der Waals surface area contributed by atoms with Crippen LogP contribution in [0.15, 0.2) is 168 Å². The van der Waals surface area contributed by atoms with Gasteiger partial charge in [0.1, 0.15) is 11.2 Å². The highest BCUT2D eigenvalue weighted by Crippen LogP contribution is 2.39. The summed E-state index contributed by atoms with van der Waals surface area (Å²) in [7, 11) is 0. The number of hydrogen-bond acceptors (Lipinski definition) is 4. The Morgan fingerprint density at radius 1 is 0.306 bits per heavy atom. The largest absolute Gasteiger partial charge is 0.456 e. The SMILES string of the molecule is c1ccc(-c2nc(-c3cccc(-c4ccc5oc6ccccc6c5c4)c3)nc(-c3c4ccccc4cc4c3ccc3ccccc34)n2)cc1. The molecule has 0 spiro atoms. The van der Waals surface area contributed by atoms with Crippen molar-refractivity contribution in [1.29, 1.82) is 0 Å². The second kappa shape index (κ2) is 11.0. The molecule has 4 heteroatoms. The Bertz CT molecular complexity index is 2890. The summed E-state index contributed by atoms with van der Waals surface area (Å²) >= 11 is 0. The van der Waals surface area contributed by atoms with Gasteiger partial charge in [0, 0.05) is 27.5 Å². The van der Waals surface area contributed by atoms with Gasteiger partial charge in [0.25, 0.3) is 0 Å². The molecule has 0 aliphatic heterocycles. The van der Waals surface area contributed by atoms with E-state index < -0.39 is 0 Å². The zero-order valence-electron chi connectivity index (χ0n) is 26.3. The van der Waals surface area contributed by atoms with Crippen LogP contribution in [-0.2, 0) is 0 Å². The Balaban J connectivity index is 1.21. The van der Waals surface area contributed by atoms with Crippen LogP contribution < -0.4 is 0 Å². The van der Waals surface area contributed by atoms with E-state index in [4.69, 9.17) is 19.4 Å². The van der Waals surface area contributed by atoms with Gasteiger partial charge < -0.3 is 4.42 Å². The summed E-state index contributed by atoms with van der Waals surface area (Å²) in [6, 6.07) is 57.0. The lowest BCUT2D eigenvalue weighted by molar-refractivity contribution is 0.669. The van der Waals surface area contributed by atoms with Crippen molar-refractivity contribution < 1.29 is 4.42 Å². The minimum Gasteiger partial charge on any atom is -0.456 e. The van der Waals surface area contributed by atoms with E-state index in [1.54, 1.807) is 0 Å². The van der Waals surface area contributed by atoms with Gasteiger partial charge in [-0.3, -0.25) is 0 Å². The molecule has 0 fully saturated rings. The van der Waals surface area contributed by atoms with Crippen LogP contribution in [0.2, 0.25) is 0 Å². The third-order valence-corrected chi connectivity index (χ3v) is 9.49. The van der Waals surface area contributed by atoms with Crippen LogP contribution in [0.1, 0.15) is 0 Å². The van der Waals surface area contributed by atoms with Crippen molar-refractivity contribution in [3.05, 3.63) is 164 Å². The van der Waals surface area contributed by atoms with Crippen molar-refractivity contribution in [1.82, 2.24) is 15.0 Å². The molecule has 10 aromatic rings. The Morgan fingerprint density at radius 3 is 1.82 bits per heavy atom. The lowest BCUT2D eigenvalue weighted by atomic mass is 9.93. The first-order valence-electron chi connectivity index (χ1n) is 16.4. The lowest BCUT2D eigenvalue weighted by Crippen LogP contribution is -2.01. The molecule has 2 aromatic heterocycles. The third-order valence-electron chi connectivity index (χ3n) is 9.49. The summed E-state index contributed by atoms with van der Waals surface area (Å²) < 4.78 is 6.10. The number of nitrogens with zero attached hydrogens (tertiary/aromatic N) is 3. The second-order valence-corrected chi connectivity index (χ2v) is 12.4. The van der Waals surface area contributed by atoms with Gasteiger partial charge in [0.05, 0.1) is 0 Å².